The van der Waals surface area contributed by atoms with Gasteiger partial charge in [0.05, 0.1) is 13.2 Å². The molecule has 1 amide bonds. The summed E-state index contributed by atoms with van der Waals surface area (Å²) >= 11 is 0. The van der Waals surface area contributed by atoms with Crippen LogP contribution in [-0.2, 0) is 11.3 Å². The lowest BCUT2D eigenvalue weighted by Crippen LogP contribution is -2.39. The van der Waals surface area contributed by atoms with Crippen molar-refractivity contribution >= 4 is 11.7 Å². The van der Waals surface area contributed by atoms with Crippen molar-refractivity contribution in [2.24, 2.45) is 0 Å². The van der Waals surface area contributed by atoms with Gasteiger partial charge in [-0.3, -0.25) is 4.79 Å². The number of nitrogens with zero attached hydrogens (tertiary/aromatic N) is 4. The van der Waals surface area contributed by atoms with Gasteiger partial charge in [-0.2, -0.15) is 0 Å². The summed E-state index contributed by atoms with van der Waals surface area (Å²) in [5.74, 6) is 1.34. The van der Waals surface area contributed by atoms with Gasteiger partial charge in [0.25, 0.3) is 5.91 Å². The Morgan fingerprint density at radius 3 is 2.54 bits per heavy atom. The van der Waals surface area contributed by atoms with Crippen LogP contribution in [0.25, 0.3) is 0 Å². The molecule has 26 heavy (non-hydrogen) atoms. The van der Waals surface area contributed by atoms with Gasteiger partial charge in [0, 0.05) is 31.7 Å². The normalized spacial score (nSPS) is 14.5. The van der Waals surface area contributed by atoms with E-state index in [-0.39, 0.29) is 11.9 Å². The van der Waals surface area contributed by atoms with Crippen molar-refractivity contribution in [1.82, 2.24) is 14.9 Å². The van der Waals surface area contributed by atoms with Crippen molar-refractivity contribution in [1.29, 1.82) is 0 Å². The first-order chi connectivity index (χ1) is 12.5. The molecule has 1 aliphatic heterocycles. The van der Waals surface area contributed by atoms with Crippen molar-refractivity contribution < 1.29 is 9.53 Å². The van der Waals surface area contributed by atoms with Crippen molar-refractivity contribution in [2.45, 2.75) is 33.4 Å². The summed E-state index contributed by atoms with van der Waals surface area (Å²) in [6, 6.07) is 11.9. The number of aryl methyl sites for hydroxylation is 1. The monoisotopic (exact) mass is 354 g/mol. The Labute approximate surface area is 154 Å². The second-order valence-corrected chi connectivity index (χ2v) is 6.77. The summed E-state index contributed by atoms with van der Waals surface area (Å²) < 4.78 is 5.40. The predicted octanol–water partition coefficient (Wildman–Crippen LogP) is 2.67. The fourth-order valence-electron chi connectivity index (χ4n) is 3.03. The van der Waals surface area contributed by atoms with Crippen LogP contribution in [0.2, 0.25) is 0 Å². The molecule has 0 saturated carbocycles. The zero-order valence-electron chi connectivity index (χ0n) is 15.7. The highest BCUT2D eigenvalue weighted by Crippen LogP contribution is 2.18. The van der Waals surface area contributed by atoms with Crippen LogP contribution >= 0.6 is 0 Å². The third kappa shape index (κ3) is 4.38. The summed E-state index contributed by atoms with van der Waals surface area (Å²) in [6.45, 7) is 9.36. The van der Waals surface area contributed by atoms with Gasteiger partial charge < -0.3 is 14.5 Å². The number of carbonyl (C=O) groups is 1. The molecule has 0 aliphatic carbocycles. The molecule has 2 aromatic rings. The molecule has 1 aliphatic rings. The second-order valence-electron chi connectivity index (χ2n) is 6.77. The molecule has 0 N–H and O–H groups in total. The lowest BCUT2D eigenvalue weighted by Gasteiger charge is -2.29. The molecule has 0 bridgehead atoms. The van der Waals surface area contributed by atoms with Gasteiger partial charge in [-0.1, -0.05) is 30.3 Å². The van der Waals surface area contributed by atoms with Crippen molar-refractivity contribution in [3.63, 3.8) is 0 Å². The van der Waals surface area contributed by atoms with Gasteiger partial charge in [-0.15, -0.1) is 0 Å². The van der Waals surface area contributed by atoms with E-state index in [4.69, 9.17) is 4.74 Å². The topological polar surface area (TPSA) is 58.6 Å². The van der Waals surface area contributed by atoms with Gasteiger partial charge in [0.2, 0.25) is 0 Å². The zero-order valence-corrected chi connectivity index (χ0v) is 15.7. The van der Waals surface area contributed by atoms with Crippen LogP contribution in [0.15, 0.2) is 36.4 Å². The highest BCUT2D eigenvalue weighted by atomic mass is 16.5. The van der Waals surface area contributed by atoms with Crippen LogP contribution in [0.1, 0.15) is 35.7 Å². The van der Waals surface area contributed by atoms with Gasteiger partial charge in [0.1, 0.15) is 17.3 Å². The second kappa shape index (κ2) is 8.27. The molecule has 1 saturated heterocycles. The molecule has 0 unspecified atom stereocenters. The van der Waals surface area contributed by atoms with Gasteiger partial charge in [-0.25, -0.2) is 9.97 Å². The lowest BCUT2D eigenvalue weighted by molar-refractivity contribution is 0.0683. The minimum atomic E-state index is -0.0659. The lowest BCUT2D eigenvalue weighted by atomic mass is 10.1. The average Bonchev–Trinajstić information content (AvgIpc) is 2.66. The smallest absolute Gasteiger partial charge is 0.273 e. The van der Waals surface area contributed by atoms with E-state index in [0.29, 0.717) is 31.3 Å². The molecule has 138 valence electrons. The molecule has 2 heterocycles. The zero-order chi connectivity index (χ0) is 18.5. The van der Waals surface area contributed by atoms with E-state index >= 15 is 0 Å². The van der Waals surface area contributed by atoms with Crippen LogP contribution in [-0.4, -0.2) is 53.1 Å². The maximum Gasteiger partial charge on any atom is 0.273 e. The van der Waals surface area contributed by atoms with Crippen LogP contribution in [0.5, 0.6) is 0 Å². The Morgan fingerprint density at radius 1 is 1.19 bits per heavy atom. The third-order valence-corrected chi connectivity index (χ3v) is 4.46. The first-order valence-electron chi connectivity index (χ1n) is 9.08. The summed E-state index contributed by atoms with van der Waals surface area (Å²) in [5.41, 5.74) is 1.55. The molecular weight excluding hydrogens is 328 g/mol. The van der Waals surface area contributed by atoms with Crippen LogP contribution in [0, 0.1) is 6.92 Å². The molecule has 0 atom stereocenters. The number of rotatable bonds is 5. The van der Waals surface area contributed by atoms with Gasteiger partial charge >= 0.3 is 0 Å². The molecule has 6 heteroatoms. The Kier molecular flexibility index (Phi) is 5.83. The number of aromatic nitrogens is 2. The van der Waals surface area contributed by atoms with E-state index < -0.39 is 0 Å². The molecule has 0 radical (unpaired) electrons. The van der Waals surface area contributed by atoms with E-state index in [1.54, 1.807) is 6.07 Å². The number of benzene rings is 1. The molecule has 1 fully saturated rings. The standard InChI is InChI=1S/C20H26N4O2/c1-15(2)24(14-17-7-5-4-6-8-17)20(25)18-13-19(22-16(3)21-18)23-9-11-26-12-10-23/h4-8,13,15H,9-12,14H2,1-3H3. The van der Waals surface area contributed by atoms with E-state index in [2.05, 4.69) is 14.9 Å². The maximum absolute atomic E-state index is 13.2. The van der Waals surface area contributed by atoms with Crippen LogP contribution < -0.4 is 4.90 Å². The number of hydrogen-bond donors (Lipinski definition) is 0. The van der Waals surface area contributed by atoms with Crippen molar-refractivity contribution in [2.75, 3.05) is 31.2 Å². The fraction of sp³-hybridized carbons (Fsp3) is 0.450. The quantitative estimate of drug-likeness (QED) is 0.826. The highest BCUT2D eigenvalue weighted by molar-refractivity contribution is 5.93. The SMILES string of the molecule is Cc1nc(C(=O)N(Cc2ccccc2)C(C)C)cc(N2CCOCC2)n1. The number of carbonyl (C=O) groups excluding carboxylic acids is 1. The third-order valence-electron chi connectivity index (χ3n) is 4.46. The Hall–Kier alpha value is -2.47. The van der Waals surface area contributed by atoms with Crippen molar-refractivity contribution in [3.05, 3.63) is 53.5 Å². The molecule has 1 aromatic heterocycles. The van der Waals surface area contributed by atoms with E-state index in [9.17, 15) is 4.79 Å². The number of anilines is 1. The average molecular weight is 354 g/mol. The number of amides is 1. The number of morpholine rings is 1. The molecule has 1 aromatic carbocycles. The summed E-state index contributed by atoms with van der Waals surface area (Å²) in [5, 5.41) is 0. The summed E-state index contributed by atoms with van der Waals surface area (Å²) in [6.07, 6.45) is 0. The van der Waals surface area contributed by atoms with Crippen molar-refractivity contribution in [3.8, 4) is 0 Å². The fourth-order valence-corrected chi connectivity index (χ4v) is 3.03. The summed E-state index contributed by atoms with van der Waals surface area (Å²) in [4.78, 5) is 26.1. The van der Waals surface area contributed by atoms with Crippen LogP contribution in [0.3, 0.4) is 0 Å². The Balaban J connectivity index is 1.85. The highest BCUT2D eigenvalue weighted by Gasteiger charge is 2.23. The minimum Gasteiger partial charge on any atom is -0.378 e. The maximum atomic E-state index is 13.2. The van der Waals surface area contributed by atoms with E-state index in [1.165, 1.54) is 0 Å². The Morgan fingerprint density at radius 2 is 1.88 bits per heavy atom. The Bertz CT molecular complexity index is 743. The molecule has 0 spiro atoms. The first-order valence-corrected chi connectivity index (χ1v) is 9.08. The van der Waals surface area contributed by atoms with E-state index in [0.717, 1.165) is 24.5 Å². The number of hydrogen-bond acceptors (Lipinski definition) is 5. The van der Waals surface area contributed by atoms with Crippen LogP contribution in [0.4, 0.5) is 5.82 Å². The summed E-state index contributed by atoms with van der Waals surface area (Å²) in [7, 11) is 0. The van der Waals surface area contributed by atoms with E-state index in [1.807, 2.05) is 56.0 Å². The van der Waals surface area contributed by atoms with Gasteiger partial charge in [0.15, 0.2) is 0 Å². The van der Waals surface area contributed by atoms with Gasteiger partial charge in [-0.05, 0) is 26.3 Å². The minimum absolute atomic E-state index is 0.0659. The molecule has 3 rings (SSSR count). The first kappa shape index (κ1) is 18.3. The molecular formula is C20H26N4O2. The number of ether oxygens (including phenoxy) is 1. The predicted molar refractivity (Wildman–Crippen MR) is 101 cm³/mol. The largest absolute Gasteiger partial charge is 0.378 e. The molecule has 6 nitrogen and oxygen atoms in total.